The van der Waals surface area contributed by atoms with E-state index in [2.05, 4.69) is 30.5 Å². The maximum absolute atomic E-state index is 13.4. The molecule has 0 radical (unpaired) electrons. The molecule has 0 bridgehead atoms. The molecule has 3 atom stereocenters. The monoisotopic (exact) mass is 558 g/mol. The molecule has 37 heavy (non-hydrogen) atoms. The van der Waals surface area contributed by atoms with E-state index in [9.17, 15) is 22.8 Å². The van der Waals surface area contributed by atoms with Gasteiger partial charge in [-0.25, -0.2) is 9.07 Å². The Hall–Kier alpha value is -2.45. The molecule has 9 nitrogen and oxygen atoms in total. The third-order valence-electron chi connectivity index (χ3n) is 6.67. The number of nitrogens with zero attached hydrogens (tertiary/aromatic N) is 2. The first-order valence-electron chi connectivity index (χ1n) is 12.3. The Morgan fingerprint density at radius 3 is 2.81 bits per heavy atom. The third-order valence-corrected chi connectivity index (χ3v) is 8.66. The van der Waals surface area contributed by atoms with Crippen LogP contribution in [0.4, 0.5) is 24.0 Å². The highest BCUT2D eigenvalue weighted by atomic mass is 32.2. The smallest absolute Gasteiger partial charge is 0.388 e. The molecule has 0 aromatic carbocycles. The van der Waals surface area contributed by atoms with Gasteiger partial charge in [-0.2, -0.15) is 8.78 Å². The molecule has 0 saturated heterocycles. The third kappa shape index (κ3) is 6.52. The number of aryl methyl sites for hydroxylation is 2. The number of anilines is 2. The van der Waals surface area contributed by atoms with Crippen molar-refractivity contribution in [3.05, 3.63) is 22.1 Å². The predicted octanol–water partition coefficient (Wildman–Crippen LogP) is 3.68. The number of carbonyl (C=O) groups excluding carboxylic acids is 2. The summed E-state index contributed by atoms with van der Waals surface area (Å²) in [6.07, 6.45) is 3.59. The number of ether oxygens (including phenoxy) is 1. The molecule has 3 aliphatic rings. The molecule has 202 valence electrons. The number of fused-ring (bicyclic) bond motifs is 1. The number of nitrogens with one attached hydrogen (secondary N) is 4. The summed E-state index contributed by atoms with van der Waals surface area (Å²) in [4.78, 5) is 26.7. The van der Waals surface area contributed by atoms with Gasteiger partial charge >= 0.3 is 6.61 Å². The Balaban J connectivity index is 1.19. The van der Waals surface area contributed by atoms with Gasteiger partial charge in [0.05, 0.1) is 17.4 Å². The van der Waals surface area contributed by atoms with Gasteiger partial charge in [-0.05, 0) is 50.0 Å². The second-order valence-corrected chi connectivity index (χ2v) is 11.5. The zero-order chi connectivity index (χ0) is 26.1. The Bertz CT molecular complexity index is 1160. The summed E-state index contributed by atoms with van der Waals surface area (Å²) >= 11 is 2.84. The lowest BCUT2D eigenvalue weighted by Crippen LogP contribution is -2.33. The van der Waals surface area contributed by atoms with E-state index in [1.54, 1.807) is 7.05 Å². The summed E-state index contributed by atoms with van der Waals surface area (Å²) in [5.74, 6) is 0.159. The van der Waals surface area contributed by atoms with Gasteiger partial charge < -0.3 is 20.7 Å². The molecule has 2 unspecified atom stereocenters. The normalized spacial score (nSPS) is 22.5. The van der Waals surface area contributed by atoms with Crippen LogP contribution in [0.5, 0.6) is 5.88 Å². The van der Waals surface area contributed by atoms with E-state index in [1.807, 2.05) is 0 Å². The van der Waals surface area contributed by atoms with Gasteiger partial charge in [-0.1, -0.05) is 11.9 Å². The van der Waals surface area contributed by atoms with Gasteiger partial charge in [0.15, 0.2) is 0 Å². The standard InChI is InChI=1S/C23H29F3N6O3S2/c1-32-17(8-18(30-32)35-23(25)26)28-10-36-31-12-4-5-16-14(6-12)19(21(34)27-9-11-2-3-11)22(37-16)29-20(33)13-7-15(13)24/h8,11-13,15,23,28,31H,2-7,9-10H2,1H3,(H,27,34)(H,29,33)/t12-,13?,15?/m0/s1. The molecular weight excluding hydrogens is 529 g/mol. The van der Waals surface area contributed by atoms with Gasteiger partial charge in [0.2, 0.25) is 11.8 Å². The Morgan fingerprint density at radius 1 is 1.32 bits per heavy atom. The second-order valence-electron chi connectivity index (χ2n) is 9.60. The minimum Gasteiger partial charge on any atom is -0.415 e. The largest absolute Gasteiger partial charge is 0.415 e. The average molecular weight is 559 g/mol. The summed E-state index contributed by atoms with van der Waals surface area (Å²) in [5, 5.41) is 13.3. The van der Waals surface area contributed by atoms with Gasteiger partial charge in [-0.3, -0.25) is 14.3 Å². The van der Waals surface area contributed by atoms with Gasteiger partial charge in [-0.15, -0.1) is 16.4 Å². The molecule has 2 heterocycles. The molecule has 4 N–H and O–H groups in total. The van der Waals surface area contributed by atoms with Crippen LogP contribution < -0.4 is 25.4 Å². The zero-order valence-electron chi connectivity index (χ0n) is 20.2. The van der Waals surface area contributed by atoms with Crippen LogP contribution in [0, 0.1) is 11.8 Å². The molecule has 3 aliphatic carbocycles. The number of carbonyl (C=O) groups is 2. The van der Waals surface area contributed by atoms with Crippen LogP contribution in [0.1, 0.15) is 46.5 Å². The number of aromatic nitrogens is 2. The van der Waals surface area contributed by atoms with Crippen molar-refractivity contribution in [3.63, 3.8) is 0 Å². The lowest BCUT2D eigenvalue weighted by Gasteiger charge is -2.24. The van der Waals surface area contributed by atoms with E-state index >= 15 is 0 Å². The maximum atomic E-state index is 13.4. The van der Waals surface area contributed by atoms with E-state index in [-0.39, 0.29) is 30.2 Å². The second kappa shape index (κ2) is 11.1. The van der Waals surface area contributed by atoms with Crippen LogP contribution >= 0.6 is 23.3 Å². The molecule has 0 aliphatic heterocycles. The van der Waals surface area contributed by atoms with Crippen molar-refractivity contribution in [2.45, 2.75) is 57.3 Å². The molecule has 2 saturated carbocycles. The molecule has 2 aromatic rings. The van der Waals surface area contributed by atoms with Gasteiger partial charge in [0, 0.05) is 30.6 Å². The highest BCUT2D eigenvalue weighted by molar-refractivity contribution is 7.97. The van der Waals surface area contributed by atoms with Gasteiger partial charge in [0.1, 0.15) is 17.0 Å². The molecule has 2 fully saturated rings. The van der Waals surface area contributed by atoms with E-state index in [0.29, 0.717) is 41.1 Å². The van der Waals surface area contributed by atoms with E-state index in [1.165, 1.54) is 34.0 Å². The summed E-state index contributed by atoms with van der Waals surface area (Å²) < 4.78 is 47.3. The van der Waals surface area contributed by atoms with Crippen LogP contribution in [-0.2, 0) is 24.7 Å². The molecular formula is C23H29F3N6O3S2. The number of amides is 2. The first-order valence-corrected chi connectivity index (χ1v) is 14.1. The fourth-order valence-corrected chi connectivity index (χ4v) is 6.31. The fraction of sp³-hybridized carbons (Fsp3) is 0.609. The number of halogens is 3. The number of rotatable bonds is 12. The van der Waals surface area contributed by atoms with Crippen molar-refractivity contribution < 1.29 is 27.5 Å². The molecule has 2 amide bonds. The Kier molecular flexibility index (Phi) is 7.86. The predicted molar refractivity (Wildman–Crippen MR) is 136 cm³/mol. The van der Waals surface area contributed by atoms with E-state index in [0.717, 1.165) is 36.1 Å². The summed E-state index contributed by atoms with van der Waals surface area (Å²) in [7, 11) is 1.63. The molecule has 2 aromatic heterocycles. The summed E-state index contributed by atoms with van der Waals surface area (Å²) in [6.45, 7) is -2.32. The minimum absolute atomic E-state index is 0.0929. The van der Waals surface area contributed by atoms with Crippen LogP contribution in [-0.4, -0.2) is 52.8 Å². The lowest BCUT2D eigenvalue weighted by atomic mass is 9.91. The minimum atomic E-state index is -2.93. The first-order chi connectivity index (χ1) is 17.8. The van der Waals surface area contributed by atoms with Crippen molar-refractivity contribution in [3.8, 4) is 5.88 Å². The Labute approximate surface area is 220 Å². The highest BCUT2D eigenvalue weighted by Gasteiger charge is 2.44. The van der Waals surface area contributed by atoms with Crippen LogP contribution in [0.15, 0.2) is 6.07 Å². The van der Waals surface area contributed by atoms with E-state index in [4.69, 9.17) is 0 Å². The van der Waals surface area contributed by atoms with Crippen LogP contribution in [0.25, 0.3) is 0 Å². The van der Waals surface area contributed by atoms with Crippen molar-refractivity contribution >= 4 is 45.9 Å². The Morgan fingerprint density at radius 2 is 2.11 bits per heavy atom. The summed E-state index contributed by atoms with van der Waals surface area (Å²) in [6, 6.07) is 1.50. The first kappa shape index (κ1) is 26.2. The van der Waals surface area contributed by atoms with E-state index < -0.39 is 18.7 Å². The number of alkyl halides is 3. The zero-order valence-corrected chi connectivity index (χ0v) is 21.8. The molecule has 5 rings (SSSR count). The van der Waals surface area contributed by atoms with Crippen molar-refractivity contribution in [2.75, 3.05) is 23.1 Å². The lowest BCUT2D eigenvalue weighted by molar-refractivity contribution is -0.117. The van der Waals surface area contributed by atoms with Crippen molar-refractivity contribution in [2.24, 2.45) is 18.9 Å². The van der Waals surface area contributed by atoms with Gasteiger partial charge in [0.25, 0.3) is 5.91 Å². The SMILES string of the molecule is Cn1nc(OC(F)F)cc1NCSN[C@H]1CCc2sc(NC(=O)C3CC3F)c(C(=O)NCC3CC3)c2C1. The summed E-state index contributed by atoms with van der Waals surface area (Å²) in [5.41, 5.74) is 1.43. The van der Waals surface area contributed by atoms with Crippen molar-refractivity contribution in [1.82, 2.24) is 19.8 Å². The van der Waals surface area contributed by atoms with Crippen LogP contribution in [0.3, 0.4) is 0 Å². The average Bonchev–Trinajstić information content (AvgIpc) is 3.75. The number of hydrogen-bond donors (Lipinski definition) is 4. The molecule has 14 heteroatoms. The quantitative estimate of drug-likeness (QED) is 0.179. The number of thiophene rings is 1. The van der Waals surface area contributed by atoms with Crippen LogP contribution in [0.2, 0.25) is 0 Å². The highest BCUT2D eigenvalue weighted by Crippen LogP contribution is 2.41. The van der Waals surface area contributed by atoms with Crippen molar-refractivity contribution in [1.29, 1.82) is 0 Å². The number of hydrogen-bond acceptors (Lipinski definition) is 8. The fourth-order valence-electron chi connectivity index (χ4n) is 4.32. The topological polar surface area (TPSA) is 109 Å². The maximum Gasteiger partial charge on any atom is 0.388 e. The molecule has 0 spiro atoms.